The Morgan fingerprint density at radius 3 is 2.75 bits per heavy atom. The first-order valence-electron chi connectivity index (χ1n) is 5.09. The Labute approximate surface area is 74.9 Å². The van der Waals surface area contributed by atoms with E-state index in [0.717, 1.165) is 31.6 Å². The highest BCUT2D eigenvalue weighted by atomic mass is 16.5. The maximum absolute atomic E-state index is 5.40. The minimum Gasteiger partial charge on any atom is -0.379 e. The number of nitrogens with zero attached hydrogens (tertiary/aromatic N) is 1. The monoisotopic (exact) mass is 169 g/mol. The fourth-order valence-corrected chi connectivity index (χ4v) is 1.99. The number of hydrogen-bond acceptors (Lipinski definition) is 2. The molecule has 2 fully saturated rings. The van der Waals surface area contributed by atoms with Crippen LogP contribution in [-0.2, 0) is 4.74 Å². The Morgan fingerprint density at radius 1 is 1.42 bits per heavy atom. The highest BCUT2D eigenvalue weighted by Crippen LogP contribution is 2.38. The molecule has 2 rings (SSSR count). The van der Waals surface area contributed by atoms with E-state index in [1.54, 1.807) is 0 Å². The summed E-state index contributed by atoms with van der Waals surface area (Å²) in [5, 5.41) is 0. The van der Waals surface area contributed by atoms with E-state index in [4.69, 9.17) is 4.74 Å². The van der Waals surface area contributed by atoms with Crippen molar-refractivity contribution in [3.63, 3.8) is 0 Å². The van der Waals surface area contributed by atoms with Crippen LogP contribution in [0.1, 0.15) is 20.3 Å². The molecule has 1 saturated carbocycles. The minimum absolute atomic E-state index is 0.645. The van der Waals surface area contributed by atoms with Crippen molar-refractivity contribution in [2.45, 2.75) is 26.3 Å². The van der Waals surface area contributed by atoms with Gasteiger partial charge in [0.2, 0.25) is 0 Å². The lowest BCUT2D eigenvalue weighted by Crippen LogP contribution is -2.44. The van der Waals surface area contributed by atoms with E-state index in [1.165, 1.54) is 13.0 Å². The second kappa shape index (κ2) is 3.35. The van der Waals surface area contributed by atoms with Crippen LogP contribution < -0.4 is 0 Å². The Bertz CT molecular complexity index is 160. The summed E-state index contributed by atoms with van der Waals surface area (Å²) >= 11 is 0. The summed E-state index contributed by atoms with van der Waals surface area (Å²) < 4.78 is 5.40. The van der Waals surface area contributed by atoms with E-state index in [0.29, 0.717) is 6.04 Å². The van der Waals surface area contributed by atoms with Gasteiger partial charge in [-0.2, -0.15) is 0 Å². The molecule has 0 spiro atoms. The van der Waals surface area contributed by atoms with Crippen LogP contribution in [0.25, 0.3) is 0 Å². The normalized spacial score (nSPS) is 43.0. The molecule has 0 amide bonds. The predicted molar refractivity (Wildman–Crippen MR) is 49.1 cm³/mol. The van der Waals surface area contributed by atoms with E-state index in [-0.39, 0.29) is 0 Å². The number of hydrogen-bond donors (Lipinski definition) is 0. The van der Waals surface area contributed by atoms with Crippen LogP contribution in [0.4, 0.5) is 0 Å². The number of morpholine rings is 1. The largest absolute Gasteiger partial charge is 0.379 e. The van der Waals surface area contributed by atoms with Gasteiger partial charge >= 0.3 is 0 Å². The van der Waals surface area contributed by atoms with Gasteiger partial charge in [0, 0.05) is 19.1 Å². The molecule has 2 heteroatoms. The molecule has 1 aliphatic carbocycles. The summed E-state index contributed by atoms with van der Waals surface area (Å²) in [7, 11) is 0. The molecule has 0 aromatic rings. The van der Waals surface area contributed by atoms with Gasteiger partial charge in [-0.1, -0.05) is 6.92 Å². The van der Waals surface area contributed by atoms with Crippen LogP contribution in [0.5, 0.6) is 0 Å². The lowest BCUT2D eigenvalue weighted by Gasteiger charge is -2.33. The highest BCUT2D eigenvalue weighted by molar-refractivity contribution is 4.87. The van der Waals surface area contributed by atoms with Crippen molar-refractivity contribution in [2.75, 3.05) is 26.3 Å². The molecule has 1 saturated heterocycles. The van der Waals surface area contributed by atoms with Gasteiger partial charge in [-0.3, -0.25) is 4.90 Å². The Balaban J connectivity index is 1.77. The van der Waals surface area contributed by atoms with Crippen molar-refractivity contribution in [3.05, 3.63) is 0 Å². The zero-order valence-corrected chi connectivity index (χ0v) is 8.12. The van der Waals surface area contributed by atoms with Crippen LogP contribution in [0, 0.1) is 11.8 Å². The molecule has 1 heterocycles. The fraction of sp³-hybridized carbons (Fsp3) is 1.00. The maximum Gasteiger partial charge on any atom is 0.0619 e. The van der Waals surface area contributed by atoms with Gasteiger partial charge in [-0.25, -0.2) is 0 Å². The summed E-state index contributed by atoms with van der Waals surface area (Å²) in [4.78, 5) is 2.58. The summed E-state index contributed by atoms with van der Waals surface area (Å²) in [5.41, 5.74) is 0. The molecule has 2 unspecified atom stereocenters. The minimum atomic E-state index is 0.645. The SMILES string of the molecule is CC1CC1CN1CCOC[C@H]1C. The summed E-state index contributed by atoms with van der Waals surface area (Å²) in [6.07, 6.45) is 1.45. The van der Waals surface area contributed by atoms with Crippen molar-refractivity contribution in [1.82, 2.24) is 4.90 Å². The van der Waals surface area contributed by atoms with Gasteiger partial charge in [0.25, 0.3) is 0 Å². The van der Waals surface area contributed by atoms with Gasteiger partial charge < -0.3 is 4.74 Å². The van der Waals surface area contributed by atoms with Crippen molar-refractivity contribution < 1.29 is 4.74 Å². The number of rotatable bonds is 2. The summed E-state index contributed by atoms with van der Waals surface area (Å²) in [6, 6.07) is 0.645. The second-order valence-corrected chi connectivity index (χ2v) is 4.39. The molecule has 3 atom stereocenters. The molecule has 70 valence electrons. The third kappa shape index (κ3) is 1.80. The maximum atomic E-state index is 5.40. The molecular weight excluding hydrogens is 150 g/mol. The van der Waals surface area contributed by atoms with Crippen LogP contribution in [-0.4, -0.2) is 37.2 Å². The van der Waals surface area contributed by atoms with Crippen LogP contribution in [0.2, 0.25) is 0 Å². The first-order chi connectivity index (χ1) is 5.77. The van der Waals surface area contributed by atoms with E-state index in [9.17, 15) is 0 Å². The molecule has 0 bridgehead atoms. The second-order valence-electron chi connectivity index (χ2n) is 4.39. The van der Waals surface area contributed by atoms with E-state index < -0.39 is 0 Å². The van der Waals surface area contributed by atoms with Crippen LogP contribution in [0.3, 0.4) is 0 Å². The standard InChI is InChI=1S/C10H19NO/c1-8-5-10(8)6-11-3-4-12-7-9(11)2/h8-10H,3-7H2,1-2H3/t8?,9-,10?/m1/s1. The lowest BCUT2D eigenvalue weighted by molar-refractivity contribution is -0.00285. The van der Waals surface area contributed by atoms with Crippen molar-refractivity contribution in [3.8, 4) is 0 Å². The van der Waals surface area contributed by atoms with Gasteiger partial charge in [0.05, 0.1) is 13.2 Å². The smallest absolute Gasteiger partial charge is 0.0619 e. The van der Waals surface area contributed by atoms with Gasteiger partial charge in [0.1, 0.15) is 0 Å². The highest BCUT2D eigenvalue weighted by Gasteiger charge is 2.35. The van der Waals surface area contributed by atoms with Crippen LogP contribution in [0.15, 0.2) is 0 Å². The Morgan fingerprint density at radius 2 is 2.17 bits per heavy atom. The van der Waals surface area contributed by atoms with Gasteiger partial charge in [-0.05, 0) is 25.2 Å². The van der Waals surface area contributed by atoms with Crippen LogP contribution >= 0.6 is 0 Å². The quantitative estimate of drug-likeness (QED) is 0.619. The molecule has 12 heavy (non-hydrogen) atoms. The summed E-state index contributed by atoms with van der Waals surface area (Å²) in [6.45, 7) is 8.95. The molecule has 0 radical (unpaired) electrons. The zero-order chi connectivity index (χ0) is 8.55. The van der Waals surface area contributed by atoms with Crippen molar-refractivity contribution in [1.29, 1.82) is 0 Å². The molecule has 0 aromatic carbocycles. The third-order valence-corrected chi connectivity index (χ3v) is 3.25. The topological polar surface area (TPSA) is 12.5 Å². The number of ether oxygens (including phenoxy) is 1. The Kier molecular flexibility index (Phi) is 2.37. The van der Waals surface area contributed by atoms with E-state index >= 15 is 0 Å². The molecule has 0 N–H and O–H groups in total. The first-order valence-corrected chi connectivity index (χ1v) is 5.09. The average Bonchev–Trinajstić information content (AvgIpc) is 2.72. The molecule has 2 nitrogen and oxygen atoms in total. The fourth-order valence-electron chi connectivity index (χ4n) is 1.99. The molecule has 1 aliphatic heterocycles. The zero-order valence-electron chi connectivity index (χ0n) is 8.12. The molecule has 2 aliphatic rings. The average molecular weight is 169 g/mol. The van der Waals surface area contributed by atoms with E-state index in [2.05, 4.69) is 18.7 Å². The first kappa shape index (κ1) is 8.52. The third-order valence-electron chi connectivity index (χ3n) is 3.25. The molecule has 0 aromatic heterocycles. The van der Waals surface area contributed by atoms with Crippen molar-refractivity contribution >= 4 is 0 Å². The summed E-state index contributed by atoms with van der Waals surface area (Å²) in [5.74, 6) is 1.98. The van der Waals surface area contributed by atoms with Gasteiger partial charge in [0.15, 0.2) is 0 Å². The van der Waals surface area contributed by atoms with Gasteiger partial charge in [-0.15, -0.1) is 0 Å². The predicted octanol–water partition coefficient (Wildman–Crippen LogP) is 1.36. The Hall–Kier alpha value is -0.0800. The molecular formula is C10H19NO. The lowest BCUT2D eigenvalue weighted by atomic mass is 10.2. The van der Waals surface area contributed by atoms with E-state index in [1.807, 2.05) is 0 Å². The van der Waals surface area contributed by atoms with Crippen molar-refractivity contribution in [2.24, 2.45) is 11.8 Å².